The van der Waals surface area contributed by atoms with Gasteiger partial charge < -0.3 is 5.73 Å². The van der Waals surface area contributed by atoms with Crippen molar-refractivity contribution in [2.75, 3.05) is 0 Å². The summed E-state index contributed by atoms with van der Waals surface area (Å²) in [5.41, 5.74) is 7.40. The van der Waals surface area contributed by atoms with Crippen LogP contribution in [-0.2, 0) is 6.42 Å². The molecule has 1 rings (SSSR count). The molecular weight excluding hydrogens is 253 g/mol. The molecule has 0 radical (unpaired) electrons. The Bertz CT molecular complexity index is 369. The summed E-state index contributed by atoms with van der Waals surface area (Å²) in [5.74, 6) is 0. The first-order valence-electron chi connectivity index (χ1n) is 6.01. The Balaban J connectivity index is 2.49. The minimum absolute atomic E-state index is 0.165. The summed E-state index contributed by atoms with van der Waals surface area (Å²) in [6.07, 6.45) is 2.98. The molecule has 3 heteroatoms. The van der Waals surface area contributed by atoms with Gasteiger partial charge in [-0.1, -0.05) is 56.1 Å². The standard InChI is InChI=1S/C14H21Cl2N/c1-14(2,3)12(17)9-5-7-10-6-4-8-11(15)13(10)16/h4,6,8,12H,5,7,9,17H2,1-3H3. The molecule has 1 unspecified atom stereocenters. The first-order chi connectivity index (χ1) is 7.82. The Hall–Kier alpha value is -0.240. The van der Waals surface area contributed by atoms with Crippen LogP contribution in [0.3, 0.4) is 0 Å². The summed E-state index contributed by atoms with van der Waals surface area (Å²) in [7, 11) is 0. The maximum absolute atomic E-state index is 6.14. The number of hydrogen-bond donors (Lipinski definition) is 1. The average Bonchev–Trinajstić information content (AvgIpc) is 2.22. The van der Waals surface area contributed by atoms with E-state index in [0.717, 1.165) is 24.8 Å². The van der Waals surface area contributed by atoms with Crippen LogP contribution in [0.1, 0.15) is 39.2 Å². The van der Waals surface area contributed by atoms with E-state index in [1.807, 2.05) is 18.2 Å². The lowest BCUT2D eigenvalue weighted by atomic mass is 9.84. The van der Waals surface area contributed by atoms with E-state index in [1.165, 1.54) is 0 Å². The largest absolute Gasteiger partial charge is 0.327 e. The van der Waals surface area contributed by atoms with Gasteiger partial charge in [-0.05, 0) is 36.3 Å². The van der Waals surface area contributed by atoms with E-state index >= 15 is 0 Å². The number of halogens is 2. The molecular formula is C14H21Cl2N. The van der Waals surface area contributed by atoms with Gasteiger partial charge in [0.2, 0.25) is 0 Å². The third kappa shape index (κ3) is 4.50. The monoisotopic (exact) mass is 273 g/mol. The van der Waals surface area contributed by atoms with E-state index in [2.05, 4.69) is 20.8 Å². The highest BCUT2D eigenvalue weighted by atomic mass is 35.5. The molecule has 1 aromatic rings. The molecule has 1 aromatic carbocycles. The fourth-order valence-corrected chi connectivity index (χ4v) is 2.10. The van der Waals surface area contributed by atoms with Gasteiger partial charge >= 0.3 is 0 Å². The molecule has 1 nitrogen and oxygen atoms in total. The van der Waals surface area contributed by atoms with E-state index < -0.39 is 0 Å². The van der Waals surface area contributed by atoms with Gasteiger partial charge in [0.15, 0.2) is 0 Å². The zero-order chi connectivity index (χ0) is 13.1. The summed E-state index contributed by atoms with van der Waals surface area (Å²) in [6.45, 7) is 6.51. The maximum atomic E-state index is 6.14. The molecule has 0 spiro atoms. The molecule has 0 bridgehead atoms. The lowest BCUT2D eigenvalue weighted by Crippen LogP contribution is -2.34. The SMILES string of the molecule is CC(C)(C)C(N)CCCc1cccc(Cl)c1Cl. The molecule has 17 heavy (non-hydrogen) atoms. The van der Waals surface area contributed by atoms with Crippen LogP contribution < -0.4 is 5.73 Å². The summed E-state index contributed by atoms with van der Waals surface area (Å²) in [6, 6.07) is 6.00. The van der Waals surface area contributed by atoms with Crippen molar-refractivity contribution in [3.63, 3.8) is 0 Å². The second kappa shape index (κ2) is 6.08. The number of nitrogens with two attached hydrogens (primary N) is 1. The zero-order valence-corrected chi connectivity index (χ0v) is 12.3. The van der Waals surface area contributed by atoms with Crippen LogP contribution in [0, 0.1) is 5.41 Å². The highest BCUT2D eigenvalue weighted by Crippen LogP contribution is 2.27. The summed E-state index contributed by atoms with van der Waals surface area (Å²) in [4.78, 5) is 0. The average molecular weight is 274 g/mol. The van der Waals surface area contributed by atoms with Crippen LogP contribution in [0.4, 0.5) is 0 Å². The number of rotatable bonds is 4. The highest BCUT2D eigenvalue weighted by Gasteiger charge is 2.19. The van der Waals surface area contributed by atoms with E-state index in [1.54, 1.807) is 0 Å². The van der Waals surface area contributed by atoms with Crippen molar-refractivity contribution in [2.24, 2.45) is 11.1 Å². The predicted molar refractivity (Wildman–Crippen MR) is 76.8 cm³/mol. The molecule has 0 amide bonds. The van der Waals surface area contributed by atoms with Gasteiger partial charge in [0.05, 0.1) is 10.0 Å². The Labute approximate surface area is 114 Å². The fourth-order valence-electron chi connectivity index (χ4n) is 1.69. The molecule has 0 heterocycles. The molecule has 0 aliphatic heterocycles. The third-order valence-electron chi connectivity index (χ3n) is 3.11. The minimum atomic E-state index is 0.165. The topological polar surface area (TPSA) is 26.0 Å². The Morgan fingerprint density at radius 1 is 1.24 bits per heavy atom. The number of benzene rings is 1. The van der Waals surface area contributed by atoms with Crippen LogP contribution in [0.15, 0.2) is 18.2 Å². The maximum Gasteiger partial charge on any atom is 0.0624 e. The van der Waals surface area contributed by atoms with Gasteiger partial charge in [0.1, 0.15) is 0 Å². The number of hydrogen-bond acceptors (Lipinski definition) is 1. The van der Waals surface area contributed by atoms with Crippen molar-refractivity contribution in [3.8, 4) is 0 Å². The molecule has 0 aromatic heterocycles. The van der Waals surface area contributed by atoms with E-state index in [-0.39, 0.29) is 11.5 Å². The number of aryl methyl sites for hydroxylation is 1. The summed E-state index contributed by atoms with van der Waals surface area (Å²) in [5, 5.41) is 1.31. The normalized spacial score (nSPS) is 13.8. The molecule has 0 aliphatic carbocycles. The predicted octanol–water partition coefficient (Wildman–Crippen LogP) is 4.69. The highest BCUT2D eigenvalue weighted by molar-refractivity contribution is 6.42. The van der Waals surface area contributed by atoms with Gasteiger partial charge in [0, 0.05) is 6.04 Å². The Morgan fingerprint density at radius 2 is 1.88 bits per heavy atom. The van der Waals surface area contributed by atoms with Gasteiger partial charge in [-0.2, -0.15) is 0 Å². The lowest BCUT2D eigenvalue weighted by Gasteiger charge is -2.27. The molecule has 2 N–H and O–H groups in total. The summed E-state index contributed by atoms with van der Waals surface area (Å²) < 4.78 is 0. The third-order valence-corrected chi connectivity index (χ3v) is 3.96. The van der Waals surface area contributed by atoms with Crippen LogP contribution in [0.5, 0.6) is 0 Å². The molecule has 96 valence electrons. The fraction of sp³-hybridized carbons (Fsp3) is 0.571. The van der Waals surface area contributed by atoms with Crippen molar-refractivity contribution >= 4 is 23.2 Å². The van der Waals surface area contributed by atoms with E-state index in [9.17, 15) is 0 Å². The van der Waals surface area contributed by atoms with Gasteiger partial charge in [-0.3, -0.25) is 0 Å². The Kier molecular flexibility index (Phi) is 5.30. The second-order valence-electron chi connectivity index (χ2n) is 5.58. The van der Waals surface area contributed by atoms with E-state index in [4.69, 9.17) is 28.9 Å². The van der Waals surface area contributed by atoms with Crippen molar-refractivity contribution in [1.29, 1.82) is 0 Å². The molecule has 0 aliphatic rings. The second-order valence-corrected chi connectivity index (χ2v) is 6.36. The van der Waals surface area contributed by atoms with Crippen molar-refractivity contribution in [2.45, 2.75) is 46.1 Å². The van der Waals surface area contributed by atoms with Crippen molar-refractivity contribution in [1.82, 2.24) is 0 Å². The van der Waals surface area contributed by atoms with Crippen LogP contribution in [0.2, 0.25) is 10.0 Å². The van der Waals surface area contributed by atoms with Gasteiger partial charge in [0.25, 0.3) is 0 Å². The van der Waals surface area contributed by atoms with Crippen LogP contribution in [0.25, 0.3) is 0 Å². The zero-order valence-electron chi connectivity index (χ0n) is 10.8. The molecule has 1 atom stereocenters. The first-order valence-corrected chi connectivity index (χ1v) is 6.76. The quantitative estimate of drug-likeness (QED) is 0.846. The van der Waals surface area contributed by atoms with Crippen LogP contribution >= 0.6 is 23.2 Å². The first kappa shape index (κ1) is 14.8. The Morgan fingerprint density at radius 3 is 2.47 bits per heavy atom. The smallest absolute Gasteiger partial charge is 0.0624 e. The lowest BCUT2D eigenvalue weighted by molar-refractivity contribution is 0.301. The molecule has 0 fully saturated rings. The van der Waals surface area contributed by atoms with Gasteiger partial charge in [-0.15, -0.1) is 0 Å². The minimum Gasteiger partial charge on any atom is -0.327 e. The molecule has 0 saturated carbocycles. The van der Waals surface area contributed by atoms with Crippen molar-refractivity contribution < 1.29 is 0 Å². The summed E-state index contributed by atoms with van der Waals surface area (Å²) >= 11 is 12.1. The molecule has 0 saturated heterocycles. The van der Waals surface area contributed by atoms with Gasteiger partial charge in [-0.25, -0.2) is 0 Å². The van der Waals surface area contributed by atoms with Crippen LogP contribution in [-0.4, -0.2) is 6.04 Å². The van der Waals surface area contributed by atoms with E-state index in [0.29, 0.717) is 10.0 Å². The van der Waals surface area contributed by atoms with Crippen molar-refractivity contribution in [3.05, 3.63) is 33.8 Å².